The Morgan fingerprint density at radius 3 is 2.22 bits per heavy atom. The Kier molecular flexibility index (Phi) is 4.72. The maximum atomic E-state index is 12.3. The smallest absolute Gasteiger partial charge is 0.448 e. The fourth-order valence-corrected chi connectivity index (χ4v) is 3.20. The zero-order valence-electron chi connectivity index (χ0n) is 9.31. The van der Waals surface area contributed by atoms with Crippen LogP contribution in [0.15, 0.2) is 29.2 Å². The van der Waals surface area contributed by atoms with Gasteiger partial charge in [-0.2, -0.15) is 0 Å². The summed E-state index contributed by atoms with van der Waals surface area (Å²) in [5.74, 6) is -1.13. The van der Waals surface area contributed by atoms with Crippen molar-refractivity contribution in [3.8, 4) is 0 Å². The van der Waals surface area contributed by atoms with Gasteiger partial charge in [0.05, 0.1) is 5.56 Å². The number of nitrogens with zero attached hydrogens (tertiary/aromatic N) is 1. The molecular formula is C8H6BF3KNO3S. The van der Waals surface area contributed by atoms with Crippen LogP contribution in [0.4, 0.5) is 12.9 Å². The molecule has 1 aliphatic heterocycles. The maximum absolute atomic E-state index is 12.3. The van der Waals surface area contributed by atoms with Crippen LogP contribution in [0.5, 0.6) is 0 Å². The number of benzene rings is 1. The molecule has 2 rings (SSSR count). The fourth-order valence-electron chi connectivity index (χ4n) is 1.60. The number of halogens is 3. The molecule has 1 amide bonds. The summed E-state index contributed by atoms with van der Waals surface area (Å²) in [6.45, 7) is -5.39. The van der Waals surface area contributed by atoms with Gasteiger partial charge in [0.25, 0.3) is 15.9 Å². The van der Waals surface area contributed by atoms with Gasteiger partial charge in [-0.15, -0.1) is 0 Å². The molecule has 0 saturated heterocycles. The standard InChI is InChI=1S/C8H6BF3NO3S.K/c10-9(11,12)5-13-8(14)6-3-1-2-4-7(6)17(13,15)16;/h1-4H,5H2;/q-1;+1. The Morgan fingerprint density at radius 1 is 1.17 bits per heavy atom. The summed E-state index contributed by atoms with van der Waals surface area (Å²) in [6.07, 6.45) is -1.74. The number of rotatable bonds is 2. The molecular weight excluding hydrogens is 297 g/mol. The van der Waals surface area contributed by atoms with E-state index in [4.69, 9.17) is 0 Å². The molecule has 0 saturated carbocycles. The van der Waals surface area contributed by atoms with E-state index >= 15 is 0 Å². The topological polar surface area (TPSA) is 54.5 Å². The molecule has 92 valence electrons. The predicted molar refractivity (Wildman–Crippen MR) is 53.7 cm³/mol. The van der Waals surface area contributed by atoms with Crippen LogP contribution in [-0.2, 0) is 10.0 Å². The first kappa shape index (κ1) is 16.2. The van der Waals surface area contributed by atoms with E-state index in [1.807, 2.05) is 0 Å². The van der Waals surface area contributed by atoms with Gasteiger partial charge >= 0.3 is 58.4 Å². The minimum absolute atomic E-state index is 0. The quantitative estimate of drug-likeness (QED) is 0.607. The first-order chi connectivity index (χ1) is 7.73. The SMILES string of the molecule is O=C1c2ccccc2S(=O)(=O)N1C[B-](F)(F)F.[K+]. The van der Waals surface area contributed by atoms with Crippen LogP contribution in [0.25, 0.3) is 0 Å². The van der Waals surface area contributed by atoms with Crippen LogP contribution in [0.3, 0.4) is 0 Å². The van der Waals surface area contributed by atoms with E-state index in [1.54, 1.807) is 0 Å². The van der Waals surface area contributed by atoms with Crippen LogP contribution < -0.4 is 51.4 Å². The minimum Gasteiger partial charge on any atom is -0.448 e. The van der Waals surface area contributed by atoms with Gasteiger partial charge in [-0.05, 0) is 12.1 Å². The molecule has 0 unspecified atom stereocenters. The van der Waals surface area contributed by atoms with E-state index in [1.165, 1.54) is 18.2 Å². The van der Waals surface area contributed by atoms with Crippen LogP contribution in [0, 0.1) is 0 Å². The molecule has 1 aliphatic rings. The van der Waals surface area contributed by atoms with E-state index in [0.717, 1.165) is 6.07 Å². The van der Waals surface area contributed by atoms with Crippen molar-refractivity contribution >= 4 is 22.9 Å². The summed E-state index contributed by atoms with van der Waals surface area (Å²) in [5, 5.41) is 0. The van der Waals surface area contributed by atoms with Crippen molar-refractivity contribution in [3.63, 3.8) is 0 Å². The number of fused-ring (bicyclic) bond motifs is 1. The van der Waals surface area contributed by atoms with E-state index in [-0.39, 0.29) is 66.1 Å². The van der Waals surface area contributed by atoms with Gasteiger partial charge in [0.1, 0.15) is 4.90 Å². The van der Waals surface area contributed by atoms with Crippen molar-refractivity contribution in [3.05, 3.63) is 29.8 Å². The average molecular weight is 303 g/mol. The number of hydrogen-bond acceptors (Lipinski definition) is 3. The van der Waals surface area contributed by atoms with Crippen LogP contribution in [0.2, 0.25) is 0 Å². The Morgan fingerprint density at radius 2 is 1.72 bits per heavy atom. The van der Waals surface area contributed by atoms with E-state index in [0.29, 0.717) is 0 Å². The summed E-state index contributed by atoms with van der Waals surface area (Å²) in [7, 11) is -4.35. The molecule has 0 bridgehead atoms. The molecule has 0 aliphatic carbocycles. The number of amides is 1. The van der Waals surface area contributed by atoms with Gasteiger partial charge in [-0.3, -0.25) is 9.10 Å². The monoisotopic (exact) mass is 303 g/mol. The van der Waals surface area contributed by atoms with E-state index in [9.17, 15) is 26.2 Å². The largest absolute Gasteiger partial charge is 1.00 e. The molecule has 4 nitrogen and oxygen atoms in total. The second kappa shape index (κ2) is 5.25. The van der Waals surface area contributed by atoms with Crippen molar-refractivity contribution in [2.45, 2.75) is 4.90 Å². The molecule has 0 N–H and O–H groups in total. The third-order valence-corrected chi connectivity index (χ3v) is 4.09. The van der Waals surface area contributed by atoms with Gasteiger partial charge in [0.15, 0.2) is 0 Å². The Labute approximate surface area is 144 Å². The summed E-state index contributed by atoms with van der Waals surface area (Å²) in [5.41, 5.74) is -0.215. The molecule has 0 spiro atoms. The van der Waals surface area contributed by atoms with Gasteiger partial charge in [0, 0.05) is 6.44 Å². The molecule has 10 heteroatoms. The Bertz CT molecular complexity index is 589. The van der Waals surface area contributed by atoms with Crippen molar-refractivity contribution in [2.75, 3.05) is 6.44 Å². The summed E-state index contributed by atoms with van der Waals surface area (Å²) >= 11 is 0. The van der Waals surface area contributed by atoms with Crippen molar-refractivity contribution in [1.82, 2.24) is 4.31 Å². The molecule has 1 aromatic rings. The van der Waals surface area contributed by atoms with E-state index in [2.05, 4.69) is 0 Å². The first-order valence-electron chi connectivity index (χ1n) is 4.60. The normalized spacial score (nSPS) is 17.3. The molecule has 18 heavy (non-hydrogen) atoms. The van der Waals surface area contributed by atoms with Gasteiger partial charge in [0.2, 0.25) is 0 Å². The van der Waals surface area contributed by atoms with Crippen molar-refractivity contribution in [1.29, 1.82) is 0 Å². The number of sulfonamides is 1. The molecule has 1 heterocycles. The average Bonchev–Trinajstić information content (AvgIpc) is 2.39. The zero-order chi connectivity index (χ0) is 12.8. The van der Waals surface area contributed by atoms with Gasteiger partial charge in [-0.25, -0.2) is 8.42 Å². The Balaban J connectivity index is 0.00000162. The number of carbonyl (C=O) groups is 1. The van der Waals surface area contributed by atoms with Crippen LogP contribution in [-0.4, -0.2) is 32.1 Å². The van der Waals surface area contributed by atoms with Gasteiger partial charge in [-0.1, -0.05) is 12.1 Å². The molecule has 0 aromatic heterocycles. The van der Waals surface area contributed by atoms with Crippen molar-refractivity contribution < 1.29 is 77.5 Å². The number of hydrogen-bond donors (Lipinski definition) is 0. The molecule has 0 radical (unpaired) electrons. The summed E-state index contributed by atoms with van der Waals surface area (Å²) < 4.78 is 60.0. The second-order valence-corrected chi connectivity index (χ2v) is 5.38. The summed E-state index contributed by atoms with van der Waals surface area (Å²) in [4.78, 5) is 11.2. The van der Waals surface area contributed by atoms with Crippen LogP contribution >= 0.6 is 0 Å². The third-order valence-electron chi connectivity index (χ3n) is 2.28. The molecule has 0 fully saturated rings. The fraction of sp³-hybridized carbons (Fsp3) is 0.125. The maximum Gasteiger partial charge on any atom is 1.00 e. The Hall–Kier alpha value is 0.131. The second-order valence-electron chi connectivity index (χ2n) is 3.55. The molecule has 1 aromatic carbocycles. The summed E-state index contributed by atoms with van der Waals surface area (Å²) in [6, 6.07) is 5.06. The zero-order valence-corrected chi connectivity index (χ0v) is 13.2. The predicted octanol–water partition coefficient (Wildman–Crippen LogP) is -1.78. The first-order valence-corrected chi connectivity index (χ1v) is 6.04. The van der Waals surface area contributed by atoms with Crippen LogP contribution in [0.1, 0.15) is 10.4 Å². The van der Waals surface area contributed by atoms with Gasteiger partial charge < -0.3 is 12.9 Å². The van der Waals surface area contributed by atoms with Crippen molar-refractivity contribution in [2.24, 2.45) is 0 Å². The van der Waals surface area contributed by atoms with E-state index < -0.39 is 29.4 Å². The molecule has 0 atom stereocenters. The number of carbonyl (C=O) groups excluding carboxylic acids is 1. The minimum atomic E-state index is -5.39. The third kappa shape index (κ3) is 2.83.